The Hall–Kier alpha value is -1.19. The van der Waals surface area contributed by atoms with E-state index in [1.807, 2.05) is 18.2 Å². The summed E-state index contributed by atoms with van der Waals surface area (Å²) in [5.41, 5.74) is 7.01. The first-order valence-corrected chi connectivity index (χ1v) is 6.33. The number of rotatable bonds is 7. The van der Waals surface area contributed by atoms with Crippen molar-refractivity contribution in [2.24, 2.45) is 5.73 Å². The number of nitrogens with two attached hydrogens (primary N) is 1. The van der Waals surface area contributed by atoms with Crippen molar-refractivity contribution in [3.63, 3.8) is 0 Å². The van der Waals surface area contributed by atoms with Crippen molar-refractivity contribution in [3.05, 3.63) is 35.4 Å². The van der Waals surface area contributed by atoms with Crippen LogP contribution in [0, 0.1) is 0 Å². The van der Waals surface area contributed by atoms with Gasteiger partial charge in [-0.1, -0.05) is 37.2 Å². The van der Waals surface area contributed by atoms with E-state index in [1.54, 1.807) is 7.11 Å². The van der Waals surface area contributed by atoms with E-state index in [2.05, 4.69) is 13.5 Å². The minimum Gasteiger partial charge on any atom is -0.493 e. The van der Waals surface area contributed by atoms with Crippen LogP contribution in [0.25, 0.3) is 0 Å². The average Bonchev–Trinajstić information content (AvgIpc) is 2.36. The van der Waals surface area contributed by atoms with Gasteiger partial charge in [0.2, 0.25) is 0 Å². The highest BCUT2D eigenvalue weighted by molar-refractivity contribution is 6.29. The van der Waals surface area contributed by atoms with Crippen molar-refractivity contribution in [3.8, 4) is 11.5 Å². The lowest BCUT2D eigenvalue weighted by Crippen LogP contribution is -2.21. The number of benzene rings is 1. The molecule has 0 amide bonds. The summed E-state index contributed by atoms with van der Waals surface area (Å²) in [5.74, 6) is 1.39. The van der Waals surface area contributed by atoms with Gasteiger partial charge in [0.25, 0.3) is 0 Å². The summed E-state index contributed by atoms with van der Waals surface area (Å²) in [6.07, 6.45) is 1.66. The fraction of sp³-hybridized carbons (Fsp3) is 0.429. The third kappa shape index (κ3) is 4.24. The molecule has 1 aromatic rings. The van der Waals surface area contributed by atoms with Gasteiger partial charge in [-0.2, -0.15) is 0 Å². The van der Waals surface area contributed by atoms with E-state index in [-0.39, 0.29) is 12.6 Å². The second-order valence-electron chi connectivity index (χ2n) is 4.13. The Balaban J connectivity index is 2.96. The zero-order chi connectivity index (χ0) is 13.5. The number of para-hydroxylation sites is 1. The highest BCUT2D eigenvalue weighted by Crippen LogP contribution is 2.32. The molecule has 1 rings (SSSR count). The largest absolute Gasteiger partial charge is 0.493 e. The van der Waals surface area contributed by atoms with Crippen LogP contribution in [0.15, 0.2) is 29.8 Å². The predicted octanol–water partition coefficient (Wildman–Crippen LogP) is 3.11. The molecule has 1 unspecified atom stereocenters. The second-order valence-corrected chi connectivity index (χ2v) is 4.66. The first kappa shape index (κ1) is 14.9. The molecule has 4 heteroatoms. The Kier molecular flexibility index (Phi) is 6.02. The highest BCUT2D eigenvalue weighted by atomic mass is 35.5. The molecule has 0 spiro atoms. The number of hydrogen-bond acceptors (Lipinski definition) is 3. The fourth-order valence-electron chi connectivity index (χ4n) is 1.62. The molecule has 0 aliphatic rings. The maximum atomic E-state index is 5.98. The highest BCUT2D eigenvalue weighted by Gasteiger charge is 2.13. The van der Waals surface area contributed by atoms with Crippen LogP contribution in [0.5, 0.6) is 11.5 Å². The van der Waals surface area contributed by atoms with Crippen LogP contribution in [-0.2, 0) is 6.42 Å². The SMILES string of the molecule is C=C(Cl)COc1c(CC(N)CC)cccc1OC. The van der Waals surface area contributed by atoms with Gasteiger partial charge in [-0.05, 0) is 24.5 Å². The van der Waals surface area contributed by atoms with E-state index in [0.717, 1.165) is 18.4 Å². The minimum atomic E-state index is 0.110. The maximum Gasteiger partial charge on any atom is 0.164 e. The molecule has 0 bridgehead atoms. The van der Waals surface area contributed by atoms with Gasteiger partial charge < -0.3 is 15.2 Å². The average molecular weight is 270 g/mol. The summed E-state index contributed by atoms with van der Waals surface area (Å²) >= 11 is 5.72. The molecule has 1 aromatic carbocycles. The van der Waals surface area contributed by atoms with Gasteiger partial charge >= 0.3 is 0 Å². The molecule has 0 aliphatic carbocycles. The molecule has 1 atom stereocenters. The van der Waals surface area contributed by atoms with Gasteiger partial charge in [0.15, 0.2) is 11.5 Å². The van der Waals surface area contributed by atoms with Gasteiger partial charge in [-0.15, -0.1) is 0 Å². The smallest absolute Gasteiger partial charge is 0.164 e. The Bertz CT molecular complexity index is 407. The van der Waals surface area contributed by atoms with E-state index in [1.165, 1.54) is 0 Å². The zero-order valence-electron chi connectivity index (χ0n) is 10.9. The third-order valence-corrected chi connectivity index (χ3v) is 2.77. The topological polar surface area (TPSA) is 44.5 Å². The lowest BCUT2D eigenvalue weighted by molar-refractivity contribution is 0.320. The van der Waals surface area contributed by atoms with Crippen molar-refractivity contribution >= 4 is 11.6 Å². The van der Waals surface area contributed by atoms with Gasteiger partial charge in [0.05, 0.1) is 7.11 Å². The fourth-order valence-corrected chi connectivity index (χ4v) is 1.68. The number of methoxy groups -OCH3 is 1. The van der Waals surface area contributed by atoms with Crippen molar-refractivity contribution in [2.75, 3.05) is 13.7 Å². The first-order chi connectivity index (χ1) is 8.58. The van der Waals surface area contributed by atoms with Crippen LogP contribution >= 0.6 is 11.6 Å². The van der Waals surface area contributed by atoms with Crippen LogP contribution in [0.4, 0.5) is 0 Å². The molecule has 0 saturated carbocycles. The lowest BCUT2D eigenvalue weighted by Gasteiger charge is -2.16. The van der Waals surface area contributed by atoms with Crippen LogP contribution in [-0.4, -0.2) is 19.8 Å². The molecule has 0 radical (unpaired) electrons. The van der Waals surface area contributed by atoms with E-state index >= 15 is 0 Å². The van der Waals surface area contributed by atoms with Crippen molar-refractivity contribution < 1.29 is 9.47 Å². The van der Waals surface area contributed by atoms with Crippen molar-refractivity contribution in [2.45, 2.75) is 25.8 Å². The molecular weight excluding hydrogens is 250 g/mol. The molecule has 0 heterocycles. The summed E-state index contributed by atoms with van der Waals surface area (Å²) in [4.78, 5) is 0. The summed E-state index contributed by atoms with van der Waals surface area (Å²) < 4.78 is 10.9. The molecule has 0 fully saturated rings. The Morgan fingerprint density at radius 3 is 2.78 bits per heavy atom. The quantitative estimate of drug-likeness (QED) is 0.827. The van der Waals surface area contributed by atoms with Crippen LogP contribution in [0.3, 0.4) is 0 Å². The number of ether oxygens (including phenoxy) is 2. The summed E-state index contributed by atoms with van der Waals surface area (Å²) in [5, 5.41) is 0.451. The second kappa shape index (κ2) is 7.29. The first-order valence-electron chi connectivity index (χ1n) is 5.96. The van der Waals surface area contributed by atoms with Crippen molar-refractivity contribution in [1.29, 1.82) is 0 Å². The molecule has 3 nitrogen and oxygen atoms in total. The Morgan fingerprint density at radius 1 is 1.50 bits per heavy atom. The standard InChI is InChI=1S/C14H20ClNO2/c1-4-12(16)8-11-6-5-7-13(17-3)14(11)18-9-10(2)15/h5-7,12H,2,4,8-9,16H2,1,3H3. The van der Waals surface area contributed by atoms with Crippen LogP contribution in [0.2, 0.25) is 0 Å². The molecule has 2 N–H and O–H groups in total. The molecule has 0 aromatic heterocycles. The van der Waals surface area contributed by atoms with E-state index in [9.17, 15) is 0 Å². The monoisotopic (exact) mass is 269 g/mol. The molecular formula is C14H20ClNO2. The van der Waals surface area contributed by atoms with E-state index in [0.29, 0.717) is 16.5 Å². The van der Waals surface area contributed by atoms with Crippen LogP contribution < -0.4 is 15.2 Å². The van der Waals surface area contributed by atoms with Gasteiger partial charge in [-0.25, -0.2) is 0 Å². The van der Waals surface area contributed by atoms with Gasteiger partial charge in [-0.3, -0.25) is 0 Å². The number of hydrogen-bond donors (Lipinski definition) is 1. The number of halogens is 1. The lowest BCUT2D eigenvalue weighted by atomic mass is 10.0. The predicted molar refractivity (Wildman–Crippen MR) is 75.5 cm³/mol. The van der Waals surface area contributed by atoms with Gasteiger partial charge in [0.1, 0.15) is 6.61 Å². The minimum absolute atomic E-state index is 0.110. The summed E-state index contributed by atoms with van der Waals surface area (Å²) in [7, 11) is 1.61. The van der Waals surface area contributed by atoms with E-state index < -0.39 is 0 Å². The molecule has 0 aliphatic heterocycles. The summed E-state index contributed by atoms with van der Waals surface area (Å²) in [6, 6.07) is 5.88. The normalized spacial score (nSPS) is 12.0. The van der Waals surface area contributed by atoms with Gasteiger partial charge in [0, 0.05) is 11.1 Å². The molecule has 18 heavy (non-hydrogen) atoms. The summed E-state index contributed by atoms with van der Waals surface area (Å²) in [6.45, 7) is 5.93. The zero-order valence-corrected chi connectivity index (χ0v) is 11.7. The Labute approximate surface area is 114 Å². The third-order valence-electron chi connectivity index (χ3n) is 2.66. The van der Waals surface area contributed by atoms with E-state index in [4.69, 9.17) is 26.8 Å². The van der Waals surface area contributed by atoms with Crippen molar-refractivity contribution in [1.82, 2.24) is 0 Å². The maximum absolute atomic E-state index is 5.98. The van der Waals surface area contributed by atoms with Crippen LogP contribution in [0.1, 0.15) is 18.9 Å². The molecule has 100 valence electrons. The Morgan fingerprint density at radius 2 is 2.22 bits per heavy atom. The molecule has 0 saturated heterocycles.